The Kier molecular flexibility index (Phi) is 6.17. The summed E-state index contributed by atoms with van der Waals surface area (Å²) < 4.78 is 40.7. The van der Waals surface area contributed by atoms with Gasteiger partial charge in [0.25, 0.3) is 5.91 Å². The van der Waals surface area contributed by atoms with Gasteiger partial charge in [-0.05, 0) is 25.1 Å². The van der Waals surface area contributed by atoms with Crippen LogP contribution in [-0.4, -0.2) is 79.9 Å². The van der Waals surface area contributed by atoms with Gasteiger partial charge in [-0.25, -0.2) is 15.0 Å². The Morgan fingerprint density at radius 2 is 2.03 bits per heavy atom. The summed E-state index contributed by atoms with van der Waals surface area (Å²) in [4.78, 5) is 32.1. The van der Waals surface area contributed by atoms with Crippen molar-refractivity contribution in [1.82, 2.24) is 34.9 Å². The smallest absolute Gasteiger partial charge is 0.350 e. The van der Waals surface area contributed by atoms with Crippen LogP contribution in [-0.2, 0) is 11.7 Å². The highest BCUT2D eigenvalue weighted by atomic mass is 19.4. The molecule has 0 radical (unpaired) electrons. The van der Waals surface area contributed by atoms with Crippen LogP contribution in [0.5, 0.6) is 0 Å². The molecule has 1 amide bonds. The molecular weight excluding hydrogens is 513 g/mol. The van der Waals surface area contributed by atoms with Crippen LogP contribution in [0.15, 0.2) is 46.9 Å². The minimum absolute atomic E-state index is 0.0371. The second-order valence-corrected chi connectivity index (χ2v) is 10.2. The van der Waals surface area contributed by atoms with E-state index in [9.17, 15) is 23.2 Å². The molecule has 39 heavy (non-hydrogen) atoms. The van der Waals surface area contributed by atoms with E-state index in [1.807, 2.05) is 29.4 Å². The molecule has 1 N–H and O–H groups in total. The van der Waals surface area contributed by atoms with Gasteiger partial charge < -0.3 is 10.2 Å². The van der Waals surface area contributed by atoms with Crippen molar-refractivity contribution < 1.29 is 18.0 Å². The summed E-state index contributed by atoms with van der Waals surface area (Å²) in [5.74, 6) is -0.964. The molecule has 1 saturated carbocycles. The van der Waals surface area contributed by atoms with Crippen molar-refractivity contribution in [2.45, 2.75) is 43.1 Å². The minimum Gasteiger partial charge on any atom is -0.350 e. The fraction of sp³-hybridized carbons (Fsp3) is 0.480. The molecule has 3 aliphatic heterocycles. The van der Waals surface area contributed by atoms with Gasteiger partial charge in [-0.15, -0.1) is 0 Å². The van der Waals surface area contributed by atoms with Crippen molar-refractivity contribution in [1.29, 1.82) is 5.26 Å². The number of hydrogen-bond donors (Lipinski definition) is 1. The lowest BCUT2D eigenvalue weighted by Gasteiger charge is -2.52. The topological polar surface area (TPSA) is 128 Å². The van der Waals surface area contributed by atoms with E-state index >= 15 is 0 Å². The number of aliphatic imine (C=N–C) groups is 2. The second-order valence-electron chi connectivity index (χ2n) is 10.2. The molecule has 2 atom stereocenters. The molecule has 1 aliphatic carbocycles. The third-order valence-corrected chi connectivity index (χ3v) is 7.93. The Hall–Kier alpha value is -4.12. The molecule has 1 saturated heterocycles. The molecule has 2 unspecified atom stereocenters. The predicted molar refractivity (Wildman–Crippen MR) is 132 cm³/mol. The van der Waals surface area contributed by atoms with E-state index in [2.05, 4.69) is 41.3 Å². The summed E-state index contributed by atoms with van der Waals surface area (Å²) in [6, 6.07) is 3.61. The van der Waals surface area contributed by atoms with E-state index in [4.69, 9.17) is 0 Å². The highest BCUT2D eigenvalue weighted by Crippen LogP contribution is 2.45. The van der Waals surface area contributed by atoms with Crippen LogP contribution in [0, 0.1) is 17.2 Å². The van der Waals surface area contributed by atoms with E-state index in [-0.39, 0.29) is 23.7 Å². The Balaban J connectivity index is 1.08. The van der Waals surface area contributed by atoms with Gasteiger partial charge in [0.05, 0.1) is 36.2 Å². The molecular formula is C25H25F3N10O. The number of rotatable bonds is 5. The van der Waals surface area contributed by atoms with Gasteiger partial charge in [-0.2, -0.15) is 23.5 Å². The number of aromatic nitrogens is 4. The van der Waals surface area contributed by atoms with E-state index in [1.54, 1.807) is 6.34 Å². The fourth-order valence-corrected chi connectivity index (χ4v) is 5.81. The molecule has 14 heteroatoms. The highest BCUT2D eigenvalue weighted by Gasteiger charge is 2.49. The lowest BCUT2D eigenvalue weighted by Crippen LogP contribution is -2.60. The SMILES string of the molecule is N#CCC1(n2cc(C3N=CN=C4NC=CC43)cn2)CC(N2CCN(C(=O)c3ccnc(C(F)(F)F)n3)CC2)C1. The summed E-state index contributed by atoms with van der Waals surface area (Å²) in [5.41, 5.74) is 0.281. The zero-order valence-corrected chi connectivity index (χ0v) is 20.8. The molecule has 2 aromatic rings. The molecule has 11 nitrogen and oxygen atoms in total. The first-order valence-electron chi connectivity index (χ1n) is 12.7. The largest absolute Gasteiger partial charge is 0.451 e. The number of carbonyl (C=O) groups excluding carboxylic acids is 1. The number of piperazine rings is 1. The fourth-order valence-electron chi connectivity index (χ4n) is 5.81. The average molecular weight is 539 g/mol. The first kappa shape index (κ1) is 25.2. The van der Waals surface area contributed by atoms with Gasteiger partial charge in [0.1, 0.15) is 17.9 Å². The molecule has 0 bridgehead atoms. The first-order valence-corrected chi connectivity index (χ1v) is 12.7. The number of hydrogen-bond acceptors (Lipinski definition) is 9. The zero-order valence-electron chi connectivity index (χ0n) is 20.8. The number of nitrogens with one attached hydrogen (secondary N) is 1. The maximum atomic E-state index is 12.9. The molecule has 5 heterocycles. The number of nitrogens with zero attached hydrogens (tertiary/aromatic N) is 9. The quantitative estimate of drug-likeness (QED) is 0.618. The first-order chi connectivity index (χ1) is 18.8. The lowest BCUT2D eigenvalue weighted by molar-refractivity contribution is -0.145. The highest BCUT2D eigenvalue weighted by molar-refractivity contribution is 5.96. The maximum Gasteiger partial charge on any atom is 0.451 e. The standard InChI is InChI=1S/C25H25F3N10O/c26-25(27,28)23-31-6-2-19(35-23)22(39)37-9-7-36(8-10-37)17-11-24(12-17,3-4-29)38-14-16(13-34-38)20-18-1-5-30-21(18)33-15-32-20/h1-2,5-6,13-15,17-18,20H,3,7-12H2,(H,30,32,33). The normalized spacial score (nSPS) is 28.3. The van der Waals surface area contributed by atoms with Gasteiger partial charge in [-0.1, -0.05) is 6.08 Å². The van der Waals surface area contributed by atoms with Crippen LogP contribution in [0.1, 0.15) is 47.2 Å². The number of fused-ring (bicyclic) bond motifs is 1. The minimum atomic E-state index is -4.71. The number of carbonyl (C=O) groups is 1. The summed E-state index contributed by atoms with van der Waals surface area (Å²) in [7, 11) is 0. The maximum absolute atomic E-state index is 12.9. The Morgan fingerprint density at radius 3 is 2.77 bits per heavy atom. The monoisotopic (exact) mass is 538 g/mol. The molecule has 2 fully saturated rings. The van der Waals surface area contributed by atoms with Crippen LogP contribution in [0.25, 0.3) is 0 Å². The summed E-state index contributed by atoms with van der Waals surface area (Å²) in [6.45, 7) is 1.93. The number of amides is 1. The Labute approximate surface area is 221 Å². The number of nitriles is 1. The number of alkyl halides is 3. The van der Waals surface area contributed by atoms with Gasteiger partial charge in [0.2, 0.25) is 5.82 Å². The molecule has 4 aliphatic rings. The molecule has 0 spiro atoms. The molecule has 2 aromatic heterocycles. The number of amidine groups is 1. The van der Waals surface area contributed by atoms with Crippen molar-refractivity contribution in [3.05, 3.63) is 54.0 Å². The molecule has 202 valence electrons. The third kappa shape index (κ3) is 4.56. The predicted octanol–water partition coefficient (Wildman–Crippen LogP) is 2.14. The van der Waals surface area contributed by atoms with Crippen LogP contribution >= 0.6 is 0 Å². The third-order valence-electron chi connectivity index (χ3n) is 7.93. The van der Waals surface area contributed by atoms with Crippen molar-refractivity contribution in [2.75, 3.05) is 26.2 Å². The summed E-state index contributed by atoms with van der Waals surface area (Å²) >= 11 is 0. The van der Waals surface area contributed by atoms with Crippen molar-refractivity contribution in [2.24, 2.45) is 15.9 Å². The van der Waals surface area contributed by atoms with E-state index in [0.29, 0.717) is 32.6 Å². The van der Waals surface area contributed by atoms with E-state index in [1.165, 1.54) is 11.0 Å². The zero-order chi connectivity index (χ0) is 27.2. The van der Waals surface area contributed by atoms with E-state index in [0.717, 1.165) is 30.4 Å². The van der Waals surface area contributed by atoms with Crippen LogP contribution in [0.2, 0.25) is 0 Å². The van der Waals surface area contributed by atoms with Crippen molar-refractivity contribution in [3.63, 3.8) is 0 Å². The molecule has 0 aromatic carbocycles. The lowest BCUT2D eigenvalue weighted by atomic mass is 9.70. The summed E-state index contributed by atoms with van der Waals surface area (Å²) in [6.07, 6.45) is 7.30. The van der Waals surface area contributed by atoms with Crippen LogP contribution in [0.4, 0.5) is 13.2 Å². The summed E-state index contributed by atoms with van der Waals surface area (Å²) in [5, 5.41) is 17.4. The number of halogens is 3. The van der Waals surface area contributed by atoms with Gasteiger partial charge in [0.15, 0.2) is 0 Å². The second kappa shape index (κ2) is 9.57. The van der Waals surface area contributed by atoms with Gasteiger partial charge in [-0.3, -0.25) is 19.4 Å². The average Bonchev–Trinajstić information content (AvgIpc) is 3.60. The van der Waals surface area contributed by atoms with Crippen molar-refractivity contribution >= 4 is 18.1 Å². The Morgan fingerprint density at radius 1 is 1.23 bits per heavy atom. The van der Waals surface area contributed by atoms with Gasteiger partial charge in [0, 0.05) is 50.2 Å². The van der Waals surface area contributed by atoms with Gasteiger partial charge >= 0.3 is 6.18 Å². The molecule has 6 rings (SSSR count). The van der Waals surface area contributed by atoms with Crippen molar-refractivity contribution in [3.8, 4) is 6.07 Å². The van der Waals surface area contributed by atoms with E-state index < -0.39 is 23.4 Å². The van der Waals surface area contributed by atoms with Crippen LogP contribution < -0.4 is 5.32 Å². The van der Waals surface area contributed by atoms with Crippen LogP contribution in [0.3, 0.4) is 0 Å². The Bertz CT molecular complexity index is 1390.